The molecule has 0 unspecified atom stereocenters. The van der Waals surface area contributed by atoms with Gasteiger partial charge in [0.15, 0.2) is 5.78 Å². The zero-order chi connectivity index (χ0) is 23.5. The summed E-state index contributed by atoms with van der Waals surface area (Å²) in [5.41, 5.74) is 4.38. The molecule has 0 spiro atoms. The summed E-state index contributed by atoms with van der Waals surface area (Å²) in [6, 6.07) is 13.1. The second-order valence-electron chi connectivity index (χ2n) is 8.08. The molecule has 1 aliphatic heterocycles. The average molecular weight is 531 g/mol. The van der Waals surface area contributed by atoms with Crippen LogP contribution in [0.3, 0.4) is 0 Å². The van der Waals surface area contributed by atoms with E-state index in [1.54, 1.807) is 6.92 Å². The van der Waals surface area contributed by atoms with Crippen molar-refractivity contribution in [3.05, 3.63) is 85.6 Å². The predicted octanol–water partition coefficient (Wildman–Crippen LogP) is 6.21. The molecule has 0 amide bonds. The second-order valence-corrected chi connectivity index (χ2v) is 9.44. The lowest BCUT2D eigenvalue weighted by Gasteiger charge is -2.34. The zero-order valence-electron chi connectivity index (χ0n) is 18.5. The minimum absolute atomic E-state index is 0.0478. The first kappa shape index (κ1) is 23.6. The van der Waals surface area contributed by atoms with E-state index in [9.17, 15) is 9.59 Å². The van der Waals surface area contributed by atoms with E-state index in [0.717, 1.165) is 34.1 Å². The van der Waals surface area contributed by atoms with Crippen molar-refractivity contribution >= 4 is 39.3 Å². The highest BCUT2D eigenvalue weighted by Gasteiger charge is 2.40. The molecule has 0 saturated heterocycles. The van der Waals surface area contributed by atoms with Crippen LogP contribution in [-0.2, 0) is 20.9 Å². The number of allylic oxidation sites excluding steroid dienone is 3. The topological polar surface area (TPSA) is 64.6 Å². The highest BCUT2D eigenvalue weighted by molar-refractivity contribution is 9.10. The lowest BCUT2D eigenvalue weighted by atomic mass is 9.75. The molecule has 33 heavy (non-hydrogen) atoms. The summed E-state index contributed by atoms with van der Waals surface area (Å²) in [4.78, 5) is 26.2. The zero-order valence-corrected chi connectivity index (χ0v) is 20.9. The van der Waals surface area contributed by atoms with Crippen LogP contribution in [0.4, 0.5) is 0 Å². The number of carbonyl (C=O) groups is 2. The molecule has 1 heterocycles. The van der Waals surface area contributed by atoms with Gasteiger partial charge < -0.3 is 14.8 Å². The van der Waals surface area contributed by atoms with E-state index in [1.165, 1.54) is 0 Å². The fourth-order valence-corrected chi connectivity index (χ4v) is 4.90. The van der Waals surface area contributed by atoms with Crippen LogP contribution >= 0.6 is 27.5 Å². The number of carbonyl (C=O) groups excluding carboxylic acids is 2. The highest BCUT2D eigenvalue weighted by atomic mass is 79.9. The predicted molar refractivity (Wildman–Crippen MR) is 131 cm³/mol. The number of benzene rings is 2. The Balaban J connectivity index is 1.80. The number of ether oxygens (including phenoxy) is 2. The minimum atomic E-state index is -0.564. The number of hydrogen-bond acceptors (Lipinski definition) is 5. The van der Waals surface area contributed by atoms with Crippen LogP contribution in [0.1, 0.15) is 50.2 Å². The fourth-order valence-electron chi connectivity index (χ4n) is 4.39. The Kier molecular flexibility index (Phi) is 7.25. The van der Waals surface area contributed by atoms with Crippen molar-refractivity contribution in [1.29, 1.82) is 0 Å². The van der Waals surface area contributed by atoms with Crippen molar-refractivity contribution < 1.29 is 19.1 Å². The number of hydrogen-bond donors (Lipinski definition) is 1. The van der Waals surface area contributed by atoms with Crippen molar-refractivity contribution in [1.82, 2.24) is 5.32 Å². The summed E-state index contributed by atoms with van der Waals surface area (Å²) in [5, 5.41) is 3.97. The molecule has 1 N–H and O–H groups in total. The fraction of sp³-hybridized carbons (Fsp3) is 0.308. The van der Waals surface area contributed by atoms with E-state index in [-0.39, 0.29) is 12.4 Å². The van der Waals surface area contributed by atoms with E-state index in [4.69, 9.17) is 21.1 Å². The first-order valence-corrected chi connectivity index (χ1v) is 12.1. The van der Waals surface area contributed by atoms with Gasteiger partial charge in [0.25, 0.3) is 0 Å². The molecule has 5 nitrogen and oxygen atoms in total. The Morgan fingerprint density at radius 1 is 1.18 bits per heavy atom. The van der Waals surface area contributed by atoms with Gasteiger partial charge in [-0.3, -0.25) is 4.79 Å². The molecule has 1 atom stereocenters. The molecular weight excluding hydrogens is 506 g/mol. The third-order valence-corrected chi connectivity index (χ3v) is 6.61. The van der Waals surface area contributed by atoms with Gasteiger partial charge in [0.1, 0.15) is 12.4 Å². The van der Waals surface area contributed by atoms with Crippen LogP contribution in [-0.4, -0.2) is 18.4 Å². The maximum Gasteiger partial charge on any atom is 0.336 e. The monoisotopic (exact) mass is 529 g/mol. The van der Waals surface area contributed by atoms with E-state index in [1.807, 2.05) is 49.4 Å². The summed E-state index contributed by atoms with van der Waals surface area (Å²) >= 11 is 9.55. The molecule has 0 radical (unpaired) electrons. The molecule has 0 bridgehead atoms. The summed E-state index contributed by atoms with van der Waals surface area (Å²) in [6.07, 6.45) is 2.01. The van der Waals surface area contributed by atoms with E-state index in [2.05, 4.69) is 21.2 Å². The Morgan fingerprint density at radius 2 is 1.94 bits per heavy atom. The molecule has 1 aliphatic carbocycles. The first-order valence-electron chi connectivity index (χ1n) is 11.0. The van der Waals surface area contributed by atoms with Crippen molar-refractivity contribution in [2.75, 3.05) is 6.61 Å². The van der Waals surface area contributed by atoms with Crippen LogP contribution in [0.15, 0.2) is 69.5 Å². The van der Waals surface area contributed by atoms with Gasteiger partial charge in [-0.2, -0.15) is 0 Å². The molecule has 0 aromatic heterocycles. The maximum atomic E-state index is 13.1. The number of dihydropyridines is 1. The molecule has 2 aliphatic rings. The number of rotatable bonds is 6. The van der Waals surface area contributed by atoms with Crippen molar-refractivity contribution in [2.24, 2.45) is 0 Å². The maximum absolute atomic E-state index is 13.1. The molecule has 4 rings (SSSR count). The van der Waals surface area contributed by atoms with E-state index >= 15 is 0 Å². The van der Waals surface area contributed by atoms with E-state index in [0.29, 0.717) is 40.6 Å². The van der Waals surface area contributed by atoms with Crippen molar-refractivity contribution in [3.63, 3.8) is 0 Å². The molecule has 172 valence electrons. The first-order chi connectivity index (χ1) is 15.9. The van der Waals surface area contributed by atoms with Crippen LogP contribution in [0.2, 0.25) is 5.02 Å². The summed E-state index contributed by atoms with van der Waals surface area (Å²) in [7, 11) is 0. The number of esters is 1. The summed E-state index contributed by atoms with van der Waals surface area (Å²) in [5.74, 6) is -0.335. The third-order valence-electron chi connectivity index (χ3n) is 5.86. The third kappa shape index (κ3) is 5.02. The van der Waals surface area contributed by atoms with Crippen molar-refractivity contribution in [2.45, 2.75) is 45.6 Å². The Bertz CT molecular complexity index is 1150. The van der Waals surface area contributed by atoms with Crippen LogP contribution < -0.4 is 10.1 Å². The smallest absolute Gasteiger partial charge is 0.336 e. The SMILES string of the molecule is CCOC(=O)C1=C(C)NC2=C(C(=O)CCC2)[C@H]1c1cc(Br)ccc1OCc1ccc(Cl)cc1. The molecular formula is C26H25BrClNO4. The van der Waals surface area contributed by atoms with Gasteiger partial charge in [0, 0.05) is 38.4 Å². The quantitative estimate of drug-likeness (QED) is 0.450. The van der Waals surface area contributed by atoms with Gasteiger partial charge in [0.05, 0.1) is 18.1 Å². The summed E-state index contributed by atoms with van der Waals surface area (Å²) in [6.45, 7) is 4.21. The lowest BCUT2D eigenvalue weighted by molar-refractivity contribution is -0.138. The van der Waals surface area contributed by atoms with Crippen molar-refractivity contribution in [3.8, 4) is 5.75 Å². The van der Waals surface area contributed by atoms with Gasteiger partial charge in [-0.1, -0.05) is 39.7 Å². The Hall–Kier alpha value is -2.57. The van der Waals surface area contributed by atoms with Crippen LogP contribution in [0.5, 0.6) is 5.75 Å². The second kappa shape index (κ2) is 10.1. The molecule has 2 aromatic rings. The normalized spacial score (nSPS) is 18.1. The molecule has 0 fully saturated rings. The molecule has 0 saturated carbocycles. The minimum Gasteiger partial charge on any atom is -0.489 e. The average Bonchev–Trinajstić information content (AvgIpc) is 2.78. The molecule has 2 aromatic carbocycles. The van der Waals surface area contributed by atoms with Gasteiger partial charge in [-0.05, 0) is 62.6 Å². The van der Waals surface area contributed by atoms with Gasteiger partial charge in [-0.15, -0.1) is 0 Å². The summed E-state index contributed by atoms with van der Waals surface area (Å²) < 4.78 is 12.4. The van der Waals surface area contributed by atoms with Crippen LogP contribution in [0.25, 0.3) is 0 Å². The number of ketones is 1. The lowest BCUT2D eigenvalue weighted by Crippen LogP contribution is -2.34. The highest BCUT2D eigenvalue weighted by Crippen LogP contribution is 2.46. The Labute approximate surface area is 206 Å². The van der Waals surface area contributed by atoms with Crippen LogP contribution in [0, 0.1) is 0 Å². The van der Waals surface area contributed by atoms with Gasteiger partial charge in [0.2, 0.25) is 0 Å². The number of nitrogens with one attached hydrogen (secondary N) is 1. The standard InChI is InChI=1S/C26H25BrClNO4/c1-3-32-26(31)23-15(2)29-20-5-4-6-21(30)25(20)24(23)19-13-17(27)9-12-22(19)33-14-16-7-10-18(28)11-8-16/h7-13,24,29H,3-6,14H2,1-2H3/t24-/m0/s1. The number of halogens is 2. The Morgan fingerprint density at radius 3 is 2.67 bits per heavy atom. The number of Topliss-reactive ketones (excluding diaryl/α,β-unsaturated/α-hetero) is 1. The van der Waals surface area contributed by atoms with Gasteiger partial charge in [-0.25, -0.2) is 4.79 Å². The largest absolute Gasteiger partial charge is 0.489 e. The van der Waals surface area contributed by atoms with Gasteiger partial charge >= 0.3 is 5.97 Å². The molecule has 7 heteroatoms. The van der Waals surface area contributed by atoms with E-state index < -0.39 is 11.9 Å².